The maximum absolute atomic E-state index is 11.3. The van der Waals surface area contributed by atoms with Crippen LogP contribution in [0.5, 0.6) is 0 Å². The van der Waals surface area contributed by atoms with Gasteiger partial charge in [-0.25, -0.2) is 0 Å². The van der Waals surface area contributed by atoms with Crippen molar-refractivity contribution in [2.45, 2.75) is 18.2 Å². The first kappa shape index (κ1) is 9.14. The van der Waals surface area contributed by atoms with Gasteiger partial charge in [-0.05, 0) is 0 Å². The summed E-state index contributed by atoms with van der Waals surface area (Å²) >= 11 is 0. The number of ether oxygens (including phenoxy) is 2. The quantitative estimate of drug-likeness (QED) is 0.265. The number of carbonyl (C=O) groups is 1. The van der Waals surface area contributed by atoms with Gasteiger partial charge in [0.15, 0.2) is 5.92 Å². The Bertz CT molecular complexity index is 313. The molecular formula is C8H9NO5. The second-order valence-electron chi connectivity index (χ2n) is 3.28. The summed E-state index contributed by atoms with van der Waals surface area (Å²) in [6, 6.07) is -1.00. The minimum absolute atomic E-state index is 0.476. The van der Waals surface area contributed by atoms with Gasteiger partial charge in [0.25, 0.3) is 6.04 Å². The fraction of sp³-hybridized carbons (Fsp3) is 0.625. The van der Waals surface area contributed by atoms with E-state index in [9.17, 15) is 14.9 Å². The van der Waals surface area contributed by atoms with Gasteiger partial charge in [-0.1, -0.05) is 12.2 Å². The molecule has 1 saturated heterocycles. The molecule has 0 spiro atoms. The van der Waals surface area contributed by atoms with Crippen LogP contribution in [0.15, 0.2) is 12.2 Å². The Morgan fingerprint density at radius 3 is 2.71 bits per heavy atom. The van der Waals surface area contributed by atoms with Crippen LogP contribution >= 0.6 is 0 Å². The van der Waals surface area contributed by atoms with Crippen molar-refractivity contribution in [3.8, 4) is 0 Å². The van der Waals surface area contributed by atoms with Crippen molar-refractivity contribution < 1.29 is 19.2 Å². The summed E-state index contributed by atoms with van der Waals surface area (Å²) in [5.74, 6) is -1.38. The van der Waals surface area contributed by atoms with Crippen LogP contribution in [0.3, 0.4) is 0 Å². The molecule has 2 heterocycles. The monoisotopic (exact) mass is 199 g/mol. The molecule has 0 N–H and O–H groups in total. The lowest BCUT2D eigenvalue weighted by Gasteiger charge is -2.15. The Kier molecular flexibility index (Phi) is 1.99. The van der Waals surface area contributed by atoms with E-state index in [1.54, 1.807) is 12.2 Å². The highest BCUT2D eigenvalue weighted by atomic mass is 16.6. The number of nitro groups is 1. The lowest BCUT2D eigenvalue weighted by atomic mass is 9.89. The molecular weight excluding hydrogens is 190 g/mol. The van der Waals surface area contributed by atoms with E-state index in [4.69, 9.17) is 4.74 Å². The van der Waals surface area contributed by atoms with E-state index in [0.29, 0.717) is 0 Å². The predicted molar refractivity (Wildman–Crippen MR) is 44.1 cm³/mol. The SMILES string of the molecule is COC(=O)[C@@H]1[C@@H]([N+](=O)[O-])[C@@H]2C=C[C@H]1O2. The van der Waals surface area contributed by atoms with Gasteiger partial charge in [0.2, 0.25) is 0 Å². The van der Waals surface area contributed by atoms with Crippen LogP contribution in [0, 0.1) is 16.0 Å². The van der Waals surface area contributed by atoms with Crippen LogP contribution in [0.2, 0.25) is 0 Å². The maximum Gasteiger partial charge on any atom is 0.318 e. The van der Waals surface area contributed by atoms with E-state index in [0.717, 1.165) is 0 Å². The third kappa shape index (κ3) is 1.11. The largest absolute Gasteiger partial charge is 0.469 e. The highest BCUT2D eigenvalue weighted by Crippen LogP contribution is 2.36. The fourth-order valence-electron chi connectivity index (χ4n) is 1.95. The van der Waals surface area contributed by atoms with Crippen LogP contribution in [-0.4, -0.2) is 36.3 Å². The number of fused-ring (bicyclic) bond motifs is 2. The van der Waals surface area contributed by atoms with E-state index in [1.807, 2.05) is 0 Å². The molecule has 0 radical (unpaired) electrons. The first-order valence-corrected chi connectivity index (χ1v) is 4.20. The number of carbonyl (C=O) groups excluding carboxylic acids is 1. The average molecular weight is 199 g/mol. The van der Waals surface area contributed by atoms with Crippen molar-refractivity contribution in [3.63, 3.8) is 0 Å². The number of nitrogens with zero attached hydrogens (tertiary/aromatic N) is 1. The van der Waals surface area contributed by atoms with Crippen molar-refractivity contribution in [1.82, 2.24) is 0 Å². The average Bonchev–Trinajstić information content (AvgIpc) is 2.74. The first-order valence-electron chi connectivity index (χ1n) is 4.20. The molecule has 14 heavy (non-hydrogen) atoms. The topological polar surface area (TPSA) is 78.7 Å². The van der Waals surface area contributed by atoms with E-state index < -0.39 is 35.1 Å². The van der Waals surface area contributed by atoms with Gasteiger partial charge in [-0.3, -0.25) is 14.9 Å². The van der Waals surface area contributed by atoms with Crippen molar-refractivity contribution in [1.29, 1.82) is 0 Å². The molecule has 4 atom stereocenters. The molecule has 0 aliphatic carbocycles. The first-order chi connectivity index (χ1) is 6.65. The van der Waals surface area contributed by atoms with Gasteiger partial charge in [0.05, 0.1) is 13.2 Å². The molecule has 2 rings (SSSR count). The molecule has 0 aromatic carbocycles. The minimum atomic E-state index is -1.00. The zero-order valence-corrected chi connectivity index (χ0v) is 7.45. The minimum Gasteiger partial charge on any atom is -0.469 e. The van der Waals surface area contributed by atoms with Gasteiger partial charge in [0, 0.05) is 4.92 Å². The smallest absolute Gasteiger partial charge is 0.318 e. The molecule has 1 fully saturated rings. The summed E-state index contributed by atoms with van der Waals surface area (Å²) in [7, 11) is 1.22. The molecule has 76 valence electrons. The maximum atomic E-state index is 11.3. The molecule has 0 amide bonds. The number of rotatable bonds is 2. The van der Waals surface area contributed by atoms with E-state index >= 15 is 0 Å². The van der Waals surface area contributed by atoms with Gasteiger partial charge < -0.3 is 9.47 Å². The van der Waals surface area contributed by atoms with Crippen LogP contribution in [0.4, 0.5) is 0 Å². The normalized spacial score (nSPS) is 38.6. The Hall–Kier alpha value is -1.43. The zero-order chi connectivity index (χ0) is 10.3. The standard InChI is InChI=1S/C8H9NO5/c1-13-8(10)6-4-2-3-5(14-4)7(6)9(11)12/h2-7H,1H3/t4-,5+,6+,7+/m1/s1. The lowest BCUT2D eigenvalue weighted by Crippen LogP contribution is -2.41. The summed E-state index contributed by atoms with van der Waals surface area (Å²) in [4.78, 5) is 21.5. The molecule has 0 unspecified atom stereocenters. The third-order valence-corrected chi connectivity index (χ3v) is 2.58. The second-order valence-corrected chi connectivity index (χ2v) is 3.28. The lowest BCUT2D eigenvalue weighted by molar-refractivity contribution is -0.530. The van der Waals surface area contributed by atoms with E-state index in [2.05, 4.69) is 4.74 Å². The summed E-state index contributed by atoms with van der Waals surface area (Å²) in [6.45, 7) is 0. The van der Waals surface area contributed by atoms with Crippen molar-refractivity contribution >= 4 is 5.97 Å². The van der Waals surface area contributed by atoms with Crippen LogP contribution < -0.4 is 0 Å². The van der Waals surface area contributed by atoms with Gasteiger partial charge in [-0.2, -0.15) is 0 Å². The summed E-state index contributed by atoms with van der Waals surface area (Å²) < 4.78 is 9.74. The summed E-state index contributed by atoms with van der Waals surface area (Å²) in [6.07, 6.45) is 2.21. The fourth-order valence-corrected chi connectivity index (χ4v) is 1.95. The van der Waals surface area contributed by atoms with Crippen LogP contribution in [-0.2, 0) is 14.3 Å². The third-order valence-electron chi connectivity index (χ3n) is 2.58. The van der Waals surface area contributed by atoms with Crippen molar-refractivity contribution in [2.24, 2.45) is 5.92 Å². The molecule has 0 aromatic rings. The van der Waals surface area contributed by atoms with Crippen LogP contribution in [0.1, 0.15) is 0 Å². The number of hydrogen-bond donors (Lipinski definition) is 0. The molecule has 6 heteroatoms. The molecule has 6 nitrogen and oxygen atoms in total. The van der Waals surface area contributed by atoms with Gasteiger partial charge in [-0.15, -0.1) is 0 Å². The molecule has 0 saturated carbocycles. The number of methoxy groups -OCH3 is 1. The molecule has 2 aliphatic heterocycles. The van der Waals surface area contributed by atoms with Crippen molar-refractivity contribution in [3.05, 3.63) is 22.3 Å². The Morgan fingerprint density at radius 1 is 1.50 bits per heavy atom. The summed E-state index contributed by atoms with van der Waals surface area (Å²) in [5, 5.41) is 10.7. The summed E-state index contributed by atoms with van der Waals surface area (Å²) in [5.41, 5.74) is 0. The molecule has 0 aromatic heterocycles. The van der Waals surface area contributed by atoms with Gasteiger partial charge in [0.1, 0.15) is 6.10 Å². The van der Waals surface area contributed by atoms with Gasteiger partial charge >= 0.3 is 5.97 Å². The highest BCUT2D eigenvalue weighted by Gasteiger charge is 2.57. The zero-order valence-electron chi connectivity index (χ0n) is 7.45. The predicted octanol–water partition coefficient (Wildman–Crippen LogP) is -0.242. The van der Waals surface area contributed by atoms with Crippen molar-refractivity contribution in [2.75, 3.05) is 7.11 Å². The van der Waals surface area contributed by atoms with E-state index in [-0.39, 0.29) is 0 Å². The van der Waals surface area contributed by atoms with Crippen LogP contribution in [0.25, 0.3) is 0 Å². The van der Waals surface area contributed by atoms with E-state index in [1.165, 1.54) is 7.11 Å². The Labute approximate surface area is 79.6 Å². The molecule has 2 aliphatic rings. The Balaban J connectivity index is 2.26. The number of esters is 1. The molecule has 2 bridgehead atoms. The Morgan fingerprint density at radius 2 is 2.14 bits per heavy atom. The second kappa shape index (κ2) is 3.06. The highest BCUT2D eigenvalue weighted by molar-refractivity contribution is 5.75. The number of hydrogen-bond acceptors (Lipinski definition) is 5.